The standard InChI is InChI=1S/C9H7N.2C8H6N2.C8H7N.2C7H6N2.C7H5NO.C5H5N/c1-2-4-9-7-10-6-5-8(9)3-1;1-2-7-3-5-9-6-8(7)10-4-1;1-2-4-8-7(3-1)5-9-6-10-8;1-2-6-9-7-3-5-8(9)4-1;1-2-4-9-6-8-5-7(9)3-1;2*1-2-4-7-6(3-1)5-8-9-7;1-2-4-6-5-3-1/h1-7H;2*1-6H;1-7H;1-6H;1-5H,(H,8,9);1-5H;1-5H. The van der Waals surface area contributed by atoms with Crippen molar-refractivity contribution < 1.29 is 4.52 Å². The zero-order valence-corrected chi connectivity index (χ0v) is 39.0. The van der Waals surface area contributed by atoms with Crippen LogP contribution in [0, 0.1) is 0 Å². The van der Waals surface area contributed by atoms with Crippen molar-refractivity contribution in [1.29, 1.82) is 0 Å². The topological polar surface area (TPSA) is 154 Å². The molecule has 15 aromatic rings. The van der Waals surface area contributed by atoms with Crippen LogP contribution >= 0.6 is 0 Å². The summed E-state index contributed by atoms with van der Waals surface area (Å²) in [7, 11) is 0. The summed E-state index contributed by atoms with van der Waals surface area (Å²) in [4.78, 5) is 27.8. The van der Waals surface area contributed by atoms with E-state index >= 15 is 0 Å². The quantitative estimate of drug-likeness (QED) is 0.155. The van der Waals surface area contributed by atoms with Gasteiger partial charge in [0.25, 0.3) is 0 Å². The van der Waals surface area contributed by atoms with Crippen molar-refractivity contribution in [2.45, 2.75) is 0 Å². The number of aromatic amines is 1. The predicted octanol–water partition coefficient (Wildman–Crippen LogP) is 13.2. The van der Waals surface area contributed by atoms with E-state index < -0.39 is 0 Å². The van der Waals surface area contributed by atoms with Crippen LogP contribution in [-0.2, 0) is 0 Å². The van der Waals surface area contributed by atoms with Gasteiger partial charge in [0, 0.05) is 89.0 Å². The molecule has 0 radical (unpaired) electrons. The number of para-hydroxylation sites is 3. The summed E-state index contributed by atoms with van der Waals surface area (Å²) in [6.07, 6.45) is 29.0. The molecule has 0 fully saturated rings. The van der Waals surface area contributed by atoms with E-state index in [1.807, 2.05) is 218 Å². The minimum absolute atomic E-state index is 0.845. The third kappa shape index (κ3) is 14.9. The number of nitrogens with one attached hydrogen (secondary N) is 1. The first-order valence-electron chi connectivity index (χ1n) is 22.8. The van der Waals surface area contributed by atoms with Gasteiger partial charge in [-0.1, -0.05) is 102 Å². The fraction of sp³-hybridized carbons (Fsp3) is 0. The molecular weight excluding hydrogens is 893 g/mol. The molecule has 0 aliphatic heterocycles. The summed E-state index contributed by atoms with van der Waals surface area (Å²) in [5.74, 6) is 0. The summed E-state index contributed by atoms with van der Waals surface area (Å²) < 4.78 is 8.92. The van der Waals surface area contributed by atoms with E-state index in [-0.39, 0.29) is 0 Å². The average molecular weight is 941 g/mol. The van der Waals surface area contributed by atoms with E-state index in [4.69, 9.17) is 4.52 Å². The fourth-order valence-electron chi connectivity index (χ4n) is 6.72. The van der Waals surface area contributed by atoms with Gasteiger partial charge in [0.2, 0.25) is 0 Å². The maximum atomic E-state index is 4.87. The highest BCUT2D eigenvalue weighted by Gasteiger charge is 1.93. The lowest BCUT2D eigenvalue weighted by Gasteiger charge is -1.91. The number of nitrogens with zero attached hydrogens (tertiary/aromatic N) is 11. The molecule has 0 saturated heterocycles. The number of hydrogen-bond donors (Lipinski definition) is 1. The number of imidazole rings is 1. The maximum Gasteiger partial charge on any atom is 0.166 e. The lowest BCUT2D eigenvalue weighted by atomic mass is 10.2. The monoisotopic (exact) mass is 940 g/mol. The molecule has 0 spiro atoms. The molecule has 11 aromatic heterocycles. The third-order valence-electron chi connectivity index (χ3n) is 10.3. The van der Waals surface area contributed by atoms with Crippen LogP contribution in [0.5, 0.6) is 0 Å². The van der Waals surface area contributed by atoms with Crippen molar-refractivity contribution in [3.63, 3.8) is 0 Å². The van der Waals surface area contributed by atoms with Gasteiger partial charge in [0.1, 0.15) is 6.33 Å². The first-order chi connectivity index (χ1) is 35.8. The summed E-state index contributed by atoms with van der Waals surface area (Å²) in [6.45, 7) is 0. The number of fused-ring (bicyclic) bond motifs is 7. The predicted molar refractivity (Wildman–Crippen MR) is 288 cm³/mol. The van der Waals surface area contributed by atoms with E-state index in [2.05, 4.69) is 78.9 Å². The Hall–Kier alpha value is -10.3. The normalized spacial score (nSPS) is 9.94. The molecule has 13 nitrogen and oxygen atoms in total. The highest BCUT2D eigenvalue weighted by atomic mass is 16.5. The zero-order valence-electron chi connectivity index (χ0n) is 39.0. The van der Waals surface area contributed by atoms with Crippen LogP contribution in [0.2, 0.25) is 0 Å². The van der Waals surface area contributed by atoms with Crippen LogP contribution < -0.4 is 0 Å². The molecular formula is C59H48N12O. The van der Waals surface area contributed by atoms with Crippen molar-refractivity contribution in [3.8, 4) is 0 Å². The van der Waals surface area contributed by atoms with Crippen molar-refractivity contribution in [3.05, 3.63) is 287 Å². The van der Waals surface area contributed by atoms with Crippen LogP contribution in [0.1, 0.15) is 0 Å². The highest BCUT2D eigenvalue weighted by Crippen LogP contribution is 2.12. The maximum absolute atomic E-state index is 4.87. The Kier molecular flexibility index (Phi) is 18.0. The second-order valence-corrected chi connectivity index (χ2v) is 15.2. The number of H-pyrrole nitrogens is 1. The van der Waals surface area contributed by atoms with Gasteiger partial charge >= 0.3 is 0 Å². The molecule has 0 amide bonds. The number of rotatable bonds is 0. The summed E-state index contributed by atoms with van der Waals surface area (Å²) in [5.41, 5.74) is 6.27. The molecule has 0 unspecified atom stereocenters. The van der Waals surface area contributed by atoms with Crippen molar-refractivity contribution in [2.75, 3.05) is 0 Å². The third-order valence-corrected chi connectivity index (χ3v) is 10.3. The molecule has 350 valence electrons. The second kappa shape index (κ2) is 26.9. The number of aromatic nitrogens is 12. The van der Waals surface area contributed by atoms with Gasteiger partial charge in [-0.05, 0) is 102 Å². The molecule has 0 aliphatic rings. The van der Waals surface area contributed by atoms with Crippen LogP contribution in [0.15, 0.2) is 292 Å². The molecule has 15 rings (SSSR count). The van der Waals surface area contributed by atoms with Crippen molar-refractivity contribution >= 4 is 65.5 Å². The number of benzene rings is 4. The van der Waals surface area contributed by atoms with E-state index in [1.54, 1.807) is 49.8 Å². The molecule has 0 bridgehead atoms. The fourth-order valence-corrected chi connectivity index (χ4v) is 6.72. The van der Waals surface area contributed by atoms with Crippen molar-refractivity contribution in [1.82, 2.24) is 59.0 Å². The van der Waals surface area contributed by atoms with Crippen LogP contribution in [0.25, 0.3) is 65.5 Å². The van der Waals surface area contributed by atoms with Crippen LogP contribution in [0.3, 0.4) is 0 Å². The van der Waals surface area contributed by atoms with Gasteiger partial charge in [-0.25, -0.2) is 15.0 Å². The lowest BCUT2D eigenvalue weighted by Crippen LogP contribution is -1.77. The first-order valence-corrected chi connectivity index (χ1v) is 22.8. The molecule has 72 heavy (non-hydrogen) atoms. The highest BCUT2D eigenvalue weighted by molar-refractivity contribution is 5.81. The SMILES string of the molecule is c1ccc2[nH]ncc2c1.c1ccc2cnccc2c1.c1ccc2ncncc2c1.c1ccc2oncc2c1.c1ccn2cccc2c1.c1ccn2cncc2c1.c1ccncc1.c1cnc2cnccc2c1. The van der Waals surface area contributed by atoms with E-state index in [0.717, 1.165) is 49.2 Å². The van der Waals surface area contributed by atoms with E-state index in [0.29, 0.717) is 0 Å². The van der Waals surface area contributed by atoms with Gasteiger partial charge in [0.05, 0.1) is 53.2 Å². The largest absolute Gasteiger partial charge is 0.356 e. The summed E-state index contributed by atoms with van der Waals surface area (Å²) >= 11 is 0. The lowest BCUT2D eigenvalue weighted by molar-refractivity contribution is 0.456. The number of pyridine rings is 6. The van der Waals surface area contributed by atoms with E-state index in [9.17, 15) is 0 Å². The Morgan fingerprint density at radius 3 is 1.74 bits per heavy atom. The van der Waals surface area contributed by atoms with Gasteiger partial charge in [-0.3, -0.25) is 25.0 Å². The van der Waals surface area contributed by atoms with Gasteiger partial charge in [0.15, 0.2) is 5.58 Å². The molecule has 11 heterocycles. The van der Waals surface area contributed by atoms with Gasteiger partial charge in [-0.2, -0.15) is 5.10 Å². The molecule has 0 atom stereocenters. The molecule has 13 heteroatoms. The summed E-state index contributed by atoms with van der Waals surface area (Å²) in [6, 6.07) is 61.7. The number of hydrogen-bond acceptors (Lipinski definition) is 10. The van der Waals surface area contributed by atoms with E-state index in [1.165, 1.54) is 16.3 Å². The van der Waals surface area contributed by atoms with Crippen LogP contribution in [-0.4, -0.2) is 59.0 Å². The minimum atomic E-state index is 0.845. The Bertz CT molecular complexity index is 3110. The zero-order chi connectivity index (χ0) is 49.1. The summed E-state index contributed by atoms with van der Waals surface area (Å²) in [5, 5.41) is 17.3. The smallest absolute Gasteiger partial charge is 0.166 e. The Morgan fingerprint density at radius 1 is 0.347 bits per heavy atom. The van der Waals surface area contributed by atoms with Gasteiger partial charge < -0.3 is 13.3 Å². The Morgan fingerprint density at radius 2 is 1.00 bits per heavy atom. The molecule has 0 aliphatic carbocycles. The van der Waals surface area contributed by atoms with Crippen molar-refractivity contribution in [2.24, 2.45) is 0 Å². The van der Waals surface area contributed by atoms with Crippen LogP contribution in [0.4, 0.5) is 0 Å². The molecule has 1 N–H and O–H groups in total. The minimum Gasteiger partial charge on any atom is -0.356 e. The van der Waals surface area contributed by atoms with Gasteiger partial charge in [-0.15, -0.1) is 0 Å². The second-order valence-electron chi connectivity index (χ2n) is 15.2. The molecule has 4 aromatic carbocycles. The average Bonchev–Trinajstić information content (AvgIpc) is 4.34. The Labute approximate surface area is 414 Å². The Balaban J connectivity index is 0.000000110. The molecule has 0 saturated carbocycles. The first kappa shape index (κ1) is 48.2.